The summed E-state index contributed by atoms with van der Waals surface area (Å²) in [5.74, 6) is 2.10. The van der Waals surface area contributed by atoms with Gasteiger partial charge in [0.25, 0.3) is 0 Å². The van der Waals surface area contributed by atoms with Crippen molar-refractivity contribution < 1.29 is 4.74 Å². The van der Waals surface area contributed by atoms with Crippen LogP contribution in [0, 0.1) is 5.92 Å². The van der Waals surface area contributed by atoms with Gasteiger partial charge in [0.05, 0.1) is 6.61 Å². The monoisotopic (exact) mass is 277 g/mol. The molecule has 0 aromatic heterocycles. The second-order valence-corrected chi connectivity index (χ2v) is 6.78. The molecule has 20 heavy (non-hydrogen) atoms. The molecular formula is C18H31NO. The Balaban J connectivity index is 2.72. The number of para-hydroxylation sites is 1. The number of benzene rings is 1. The average Bonchev–Trinajstić information content (AvgIpc) is 2.41. The first-order valence-corrected chi connectivity index (χ1v) is 7.82. The van der Waals surface area contributed by atoms with Crippen LogP contribution in [0.25, 0.3) is 0 Å². The van der Waals surface area contributed by atoms with Crippen LogP contribution in [0.3, 0.4) is 0 Å². The molecule has 0 radical (unpaired) electrons. The highest BCUT2D eigenvalue weighted by molar-refractivity contribution is 5.36. The molecular weight excluding hydrogens is 246 g/mol. The third kappa shape index (κ3) is 5.54. The largest absolute Gasteiger partial charge is 0.493 e. The Bertz CT molecular complexity index is 395. The van der Waals surface area contributed by atoms with Crippen molar-refractivity contribution in [1.29, 1.82) is 0 Å². The summed E-state index contributed by atoms with van der Waals surface area (Å²) in [5.41, 5.74) is 1.50. The molecule has 0 bridgehead atoms. The molecule has 0 spiro atoms. The van der Waals surface area contributed by atoms with E-state index in [1.807, 2.05) is 0 Å². The first-order chi connectivity index (χ1) is 9.35. The van der Waals surface area contributed by atoms with E-state index in [0.717, 1.165) is 25.3 Å². The predicted molar refractivity (Wildman–Crippen MR) is 87.6 cm³/mol. The zero-order valence-electron chi connectivity index (χ0n) is 14.0. The van der Waals surface area contributed by atoms with Gasteiger partial charge in [-0.25, -0.2) is 0 Å². The molecule has 2 unspecified atom stereocenters. The minimum atomic E-state index is 0.173. The van der Waals surface area contributed by atoms with Crippen LogP contribution in [0.5, 0.6) is 5.75 Å². The van der Waals surface area contributed by atoms with E-state index < -0.39 is 0 Å². The van der Waals surface area contributed by atoms with Gasteiger partial charge in [-0.1, -0.05) is 39.0 Å². The second kappa shape index (κ2) is 7.68. The van der Waals surface area contributed by atoms with E-state index in [9.17, 15) is 0 Å². The number of hydrogen-bond donors (Lipinski definition) is 1. The minimum Gasteiger partial charge on any atom is -0.493 e. The fraction of sp³-hybridized carbons (Fsp3) is 0.667. The molecule has 0 fully saturated rings. The molecule has 0 heterocycles. The van der Waals surface area contributed by atoms with Crippen molar-refractivity contribution in [3.8, 4) is 5.75 Å². The van der Waals surface area contributed by atoms with E-state index >= 15 is 0 Å². The van der Waals surface area contributed by atoms with Gasteiger partial charge in [-0.05, 0) is 57.2 Å². The van der Waals surface area contributed by atoms with Crippen molar-refractivity contribution in [3.63, 3.8) is 0 Å². The number of ether oxygens (including phenoxy) is 1. The SMILES string of the molecule is CCCOc1ccccc1C(C)C(C)CNC(C)(C)C. The third-order valence-corrected chi connectivity index (χ3v) is 3.68. The molecule has 0 amide bonds. The molecule has 2 atom stereocenters. The van der Waals surface area contributed by atoms with Gasteiger partial charge in [0, 0.05) is 5.54 Å². The molecule has 1 aromatic carbocycles. The molecule has 1 aromatic rings. The Morgan fingerprint density at radius 1 is 1.15 bits per heavy atom. The fourth-order valence-corrected chi connectivity index (χ4v) is 2.15. The van der Waals surface area contributed by atoms with Crippen LogP contribution in [0.1, 0.15) is 59.4 Å². The van der Waals surface area contributed by atoms with E-state index in [1.165, 1.54) is 5.56 Å². The Morgan fingerprint density at radius 2 is 1.80 bits per heavy atom. The van der Waals surface area contributed by atoms with Crippen LogP contribution < -0.4 is 10.1 Å². The van der Waals surface area contributed by atoms with Crippen LogP contribution in [0.15, 0.2) is 24.3 Å². The van der Waals surface area contributed by atoms with Crippen molar-refractivity contribution in [2.45, 2.75) is 59.4 Å². The van der Waals surface area contributed by atoms with Crippen molar-refractivity contribution >= 4 is 0 Å². The molecule has 0 aliphatic rings. The van der Waals surface area contributed by atoms with Crippen molar-refractivity contribution in [3.05, 3.63) is 29.8 Å². The summed E-state index contributed by atoms with van der Waals surface area (Å²) in [7, 11) is 0. The summed E-state index contributed by atoms with van der Waals surface area (Å²) in [6.07, 6.45) is 1.05. The summed E-state index contributed by atoms with van der Waals surface area (Å²) >= 11 is 0. The number of nitrogens with one attached hydrogen (secondary N) is 1. The normalized spacial score (nSPS) is 14.9. The first kappa shape index (κ1) is 17.0. The zero-order valence-corrected chi connectivity index (χ0v) is 14.0. The molecule has 1 N–H and O–H groups in total. The standard InChI is InChI=1S/C18H31NO/c1-7-12-20-17-11-9-8-10-16(17)15(3)14(2)13-19-18(4,5)6/h8-11,14-15,19H,7,12-13H2,1-6H3. The Morgan fingerprint density at radius 3 is 2.40 bits per heavy atom. The number of rotatable bonds is 7. The summed E-state index contributed by atoms with van der Waals surface area (Å²) < 4.78 is 5.88. The first-order valence-electron chi connectivity index (χ1n) is 7.82. The minimum absolute atomic E-state index is 0.173. The average molecular weight is 277 g/mol. The molecule has 114 valence electrons. The van der Waals surface area contributed by atoms with Crippen molar-refractivity contribution in [1.82, 2.24) is 5.32 Å². The van der Waals surface area contributed by atoms with Crippen LogP contribution >= 0.6 is 0 Å². The lowest BCUT2D eigenvalue weighted by Crippen LogP contribution is -2.39. The molecule has 1 rings (SSSR count). The number of hydrogen-bond acceptors (Lipinski definition) is 2. The van der Waals surface area contributed by atoms with E-state index in [-0.39, 0.29) is 5.54 Å². The van der Waals surface area contributed by atoms with Crippen molar-refractivity contribution in [2.24, 2.45) is 5.92 Å². The topological polar surface area (TPSA) is 21.3 Å². The van der Waals surface area contributed by atoms with E-state index in [4.69, 9.17) is 4.74 Å². The highest BCUT2D eigenvalue weighted by Gasteiger charge is 2.19. The Labute approximate surface area is 124 Å². The van der Waals surface area contributed by atoms with Crippen LogP contribution in [0.2, 0.25) is 0 Å². The molecule has 0 saturated heterocycles. The van der Waals surface area contributed by atoms with E-state index in [2.05, 4.69) is 71.1 Å². The predicted octanol–water partition coefficient (Wildman–Crippen LogP) is 4.60. The van der Waals surface area contributed by atoms with Gasteiger partial charge in [-0.15, -0.1) is 0 Å². The van der Waals surface area contributed by atoms with E-state index in [0.29, 0.717) is 11.8 Å². The molecule has 2 nitrogen and oxygen atoms in total. The lowest BCUT2D eigenvalue weighted by Gasteiger charge is -2.27. The maximum atomic E-state index is 5.88. The fourth-order valence-electron chi connectivity index (χ4n) is 2.15. The van der Waals surface area contributed by atoms with Gasteiger partial charge in [-0.3, -0.25) is 0 Å². The highest BCUT2D eigenvalue weighted by Crippen LogP contribution is 2.31. The maximum Gasteiger partial charge on any atom is 0.122 e. The quantitative estimate of drug-likeness (QED) is 0.786. The van der Waals surface area contributed by atoms with Crippen LogP contribution in [0.4, 0.5) is 0 Å². The van der Waals surface area contributed by atoms with Crippen LogP contribution in [-0.4, -0.2) is 18.7 Å². The van der Waals surface area contributed by atoms with Gasteiger partial charge in [0.15, 0.2) is 0 Å². The van der Waals surface area contributed by atoms with Gasteiger partial charge in [0.1, 0.15) is 5.75 Å². The van der Waals surface area contributed by atoms with Gasteiger partial charge < -0.3 is 10.1 Å². The third-order valence-electron chi connectivity index (χ3n) is 3.68. The Kier molecular flexibility index (Phi) is 6.54. The molecule has 0 aliphatic heterocycles. The zero-order chi connectivity index (χ0) is 15.2. The Hall–Kier alpha value is -1.02. The smallest absolute Gasteiger partial charge is 0.122 e. The lowest BCUT2D eigenvalue weighted by atomic mass is 9.87. The van der Waals surface area contributed by atoms with Crippen LogP contribution in [-0.2, 0) is 0 Å². The summed E-state index contributed by atoms with van der Waals surface area (Å²) in [6.45, 7) is 15.2. The second-order valence-electron chi connectivity index (χ2n) is 6.78. The summed E-state index contributed by atoms with van der Waals surface area (Å²) in [5, 5.41) is 3.59. The van der Waals surface area contributed by atoms with Gasteiger partial charge >= 0.3 is 0 Å². The molecule has 2 heteroatoms. The van der Waals surface area contributed by atoms with Crippen molar-refractivity contribution in [2.75, 3.05) is 13.2 Å². The summed E-state index contributed by atoms with van der Waals surface area (Å²) in [4.78, 5) is 0. The van der Waals surface area contributed by atoms with Gasteiger partial charge in [0.2, 0.25) is 0 Å². The maximum absolute atomic E-state index is 5.88. The summed E-state index contributed by atoms with van der Waals surface area (Å²) in [6, 6.07) is 8.45. The van der Waals surface area contributed by atoms with E-state index in [1.54, 1.807) is 0 Å². The molecule has 0 aliphatic carbocycles. The van der Waals surface area contributed by atoms with Gasteiger partial charge in [-0.2, -0.15) is 0 Å². The lowest BCUT2D eigenvalue weighted by molar-refractivity contribution is 0.305. The molecule has 0 saturated carbocycles. The highest BCUT2D eigenvalue weighted by atomic mass is 16.5.